The lowest BCUT2D eigenvalue weighted by atomic mass is 10.1. The largest absolute Gasteiger partial charge is 0.319 e. The van der Waals surface area contributed by atoms with Crippen molar-refractivity contribution in [1.82, 2.24) is 0 Å². The number of amides is 1. The minimum atomic E-state index is -3.50. The van der Waals surface area contributed by atoms with Crippen LogP contribution < -0.4 is 10.0 Å². The summed E-state index contributed by atoms with van der Waals surface area (Å²) in [5.74, 6) is -0.526. The van der Waals surface area contributed by atoms with E-state index in [2.05, 4.69) is 10.0 Å². The molecular weight excluding hydrogens is 347 g/mol. The van der Waals surface area contributed by atoms with Crippen molar-refractivity contribution in [3.8, 4) is 0 Å². The molecule has 2 N–H and O–H groups in total. The third-order valence-corrected chi connectivity index (χ3v) is 3.89. The lowest BCUT2D eigenvalue weighted by Crippen LogP contribution is -2.17. The quantitative estimate of drug-likeness (QED) is 0.876. The topological polar surface area (TPSA) is 75.3 Å². The maximum absolute atomic E-state index is 12.4. The van der Waals surface area contributed by atoms with Gasteiger partial charge in [0.05, 0.1) is 33.2 Å². The van der Waals surface area contributed by atoms with Crippen LogP contribution in [0.15, 0.2) is 42.5 Å². The predicted molar refractivity (Wildman–Crippen MR) is 89.3 cm³/mol. The SMILES string of the molecule is CS(=O)(=O)Nc1ccccc1C(=O)Nc1c(Cl)cccc1Cl. The maximum Gasteiger partial charge on any atom is 0.257 e. The first-order valence-corrected chi connectivity index (χ1v) is 8.75. The van der Waals surface area contributed by atoms with Crippen molar-refractivity contribution in [2.75, 3.05) is 16.3 Å². The van der Waals surface area contributed by atoms with Crippen LogP contribution in [0.4, 0.5) is 11.4 Å². The number of para-hydroxylation sites is 2. The van der Waals surface area contributed by atoms with Crippen LogP contribution in [0.3, 0.4) is 0 Å². The van der Waals surface area contributed by atoms with Gasteiger partial charge in [-0.3, -0.25) is 9.52 Å². The van der Waals surface area contributed by atoms with Crippen LogP contribution in [0.25, 0.3) is 0 Å². The first kappa shape index (κ1) is 16.6. The van der Waals surface area contributed by atoms with Gasteiger partial charge in [-0.25, -0.2) is 8.42 Å². The molecule has 8 heteroatoms. The van der Waals surface area contributed by atoms with E-state index >= 15 is 0 Å². The highest BCUT2D eigenvalue weighted by Gasteiger charge is 2.16. The van der Waals surface area contributed by atoms with Gasteiger partial charge < -0.3 is 5.32 Å². The summed E-state index contributed by atoms with van der Waals surface area (Å²) in [5, 5.41) is 3.16. The fourth-order valence-electron chi connectivity index (χ4n) is 1.77. The van der Waals surface area contributed by atoms with Gasteiger partial charge in [-0.15, -0.1) is 0 Å². The van der Waals surface area contributed by atoms with Gasteiger partial charge in [0, 0.05) is 0 Å². The summed E-state index contributed by atoms with van der Waals surface area (Å²) < 4.78 is 25.0. The van der Waals surface area contributed by atoms with Crippen molar-refractivity contribution in [2.45, 2.75) is 0 Å². The number of nitrogens with one attached hydrogen (secondary N) is 2. The summed E-state index contributed by atoms with van der Waals surface area (Å²) in [6.07, 6.45) is 1.01. The highest BCUT2D eigenvalue weighted by atomic mass is 35.5. The van der Waals surface area contributed by atoms with Crippen molar-refractivity contribution in [1.29, 1.82) is 0 Å². The third-order valence-electron chi connectivity index (χ3n) is 2.67. The second-order valence-corrected chi connectivity index (χ2v) is 7.03. The zero-order valence-electron chi connectivity index (χ0n) is 11.4. The number of benzene rings is 2. The average molecular weight is 359 g/mol. The van der Waals surface area contributed by atoms with Crippen LogP contribution in [-0.2, 0) is 10.0 Å². The Kier molecular flexibility index (Phi) is 4.95. The number of anilines is 2. The molecule has 116 valence electrons. The Bertz CT molecular complexity index is 802. The molecule has 0 heterocycles. The van der Waals surface area contributed by atoms with E-state index in [4.69, 9.17) is 23.2 Å². The van der Waals surface area contributed by atoms with Gasteiger partial charge in [0.15, 0.2) is 0 Å². The Morgan fingerprint density at radius 1 is 1.00 bits per heavy atom. The number of sulfonamides is 1. The van der Waals surface area contributed by atoms with Crippen LogP contribution >= 0.6 is 23.2 Å². The van der Waals surface area contributed by atoms with E-state index in [1.807, 2.05) is 0 Å². The first-order chi connectivity index (χ1) is 10.3. The molecule has 0 saturated carbocycles. The van der Waals surface area contributed by atoms with Crippen LogP contribution in [0.5, 0.6) is 0 Å². The second kappa shape index (κ2) is 6.56. The third kappa shape index (κ3) is 4.13. The van der Waals surface area contributed by atoms with Gasteiger partial charge in [-0.2, -0.15) is 0 Å². The van der Waals surface area contributed by atoms with E-state index in [0.717, 1.165) is 6.26 Å². The molecule has 0 aliphatic heterocycles. The number of rotatable bonds is 4. The van der Waals surface area contributed by atoms with Gasteiger partial charge in [-0.1, -0.05) is 41.4 Å². The lowest BCUT2D eigenvalue weighted by Gasteiger charge is -2.12. The van der Waals surface area contributed by atoms with Crippen molar-refractivity contribution < 1.29 is 13.2 Å². The first-order valence-electron chi connectivity index (χ1n) is 6.10. The summed E-state index contributed by atoms with van der Waals surface area (Å²) in [4.78, 5) is 12.4. The molecule has 5 nitrogen and oxygen atoms in total. The summed E-state index contributed by atoms with van der Waals surface area (Å²) in [6.45, 7) is 0. The molecular formula is C14H12Cl2N2O3S. The molecule has 0 radical (unpaired) electrons. The molecule has 0 aliphatic rings. The van der Waals surface area contributed by atoms with Crippen LogP contribution in [-0.4, -0.2) is 20.6 Å². The van der Waals surface area contributed by atoms with Crippen LogP contribution in [0.2, 0.25) is 10.0 Å². The molecule has 2 aromatic rings. The van der Waals surface area contributed by atoms with E-state index in [9.17, 15) is 13.2 Å². The fraction of sp³-hybridized carbons (Fsp3) is 0.0714. The Balaban J connectivity index is 2.35. The average Bonchev–Trinajstić information content (AvgIpc) is 2.41. The fourth-order valence-corrected chi connectivity index (χ4v) is 2.84. The summed E-state index contributed by atoms with van der Waals surface area (Å²) in [6, 6.07) is 11.0. The Hall–Kier alpha value is -1.76. The van der Waals surface area contributed by atoms with E-state index in [-0.39, 0.29) is 27.0 Å². The molecule has 2 rings (SSSR count). The smallest absolute Gasteiger partial charge is 0.257 e. The summed E-state index contributed by atoms with van der Waals surface area (Å²) in [7, 11) is -3.50. The predicted octanol–water partition coefficient (Wildman–Crippen LogP) is 3.62. The van der Waals surface area contributed by atoms with Gasteiger partial charge in [0.25, 0.3) is 5.91 Å². The van der Waals surface area contributed by atoms with Gasteiger partial charge >= 0.3 is 0 Å². The number of hydrogen-bond acceptors (Lipinski definition) is 3. The normalized spacial score (nSPS) is 11.0. The molecule has 0 atom stereocenters. The molecule has 1 amide bonds. The second-order valence-electron chi connectivity index (χ2n) is 4.47. The lowest BCUT2D eigenvalue weighted by molar-refractivity contribution is 0.102. The molecule has 0 aromatic heterocycles. The van der Waals surface area contributed by atoms with E-state index in [0.29, 0.717) is 0 Å². The molecule has 0 bridgehead atoms. The monoisotopic (exact) mass is 358 g/mol. The Labute approximate surface area is 138 Å². The minimum absolute atomic E-state index is 0.156. The Morgan fingerprint density at radius 3 is 2.18 bits per heavy atom. The minimum Gasteiger partial charge on any atom is -0.319 e. The highest BCUT2D eigenvalue weighted by molar-refractivity contribution is 7.92. The molecule has 2 aromatic carbocycles. The van der Waals surface area contributed by atoms with Gasteiger partial charge in [0.2, 0.25) is 10.0 Å². The molecule has 0 aliphatic carbocycles. The van der Waals surface area contributed by atoms with Gasteiger partial charge in [-0.05, 0) is 24.3 Å². The van der Waals surface area contributed by atoms with Crippen molar-refractivity contribution >= 4 is 50.5 Å². The molecule has 0 unspecified atom stereocenters. The van der Waals surface area contributed by atoms with Gasteiger partial charge in [0.1, 0.15) is 0 Å². The van der Waals surface area contributed by atoms with Crippen LogP contribution in [0.1, 0.15) is 10.4 Å². The zero-order chi connectivity index (χ0) is 16.3. The van der Waals surface area contributed by atoms with E-state index in [1.165, 1.54) is 12.1 Å². The van der Waals surface area contributed by atoms with E-state index < -0.39 is 15.9 Å². The Morgan fingerprint density at radius 2 is 1.59 bits per heavy atom. The summed E-state index contributed by atoms with van der Waals surface area (Å²) in [5.41, 5.74) is 0.597. The number of carbonyl (C=O) groups excluding carboxylic acids is 1. The maximum atomic E-state index is 12.4. The molecule has 0 spiro atoms. The molecule has 0 saturated heterocycles. The van der Waals surface area contributed by atoms with Crippen molar-refractivity contribution in [3.63, 3.8) is 0 Å². The highest BCUT2D eigenvalue weighted by Crippen LogP contribution is 2.30. The van der Waals surface area contributed by atoms with E-state index in [1.54, 1.807) is 30.3 Å². The number of carbonyl (C=O) groups is 1. The van der Waals surface area contributed by atoms with Crippen molar-refractivity contribution in [3.05, 3.63) is 58.1 Å². The van der Waals surface area contributed by atoms with Crippen LogP contribution in [0, 0.1) is 0 Å². The number of hydrogen-bond donors (Lipinski definition) is 2. The summed E-state index contributed by atoms with van der Waals surface area (Å²) >= 11 is 12.0. The standard InChI is InChI=1S/C14H12Cl2N2O3S/c1-22(20,21)18-12-8-3-2-5-9(12)14(19)17-13-10(15)6-4-7-11(13)16/h2-8,18H,1H3,(H,17,19). The number of halogens is 2. The molecule has 22 heavy (non-hydrogen) atoms. The molecule has 0 fully saturated rings. The zero-order valence-corrected chi connectivity index (χ0v) is 13.8. The van der Waals surface area contributed by atoms with Crippen molar-refractivity contribution in [2.24, 2.45) is 0 Å².